The number of nitrogens with zero attached hydrogens (tertiary/aromatic N) is 3. The summed E-state index contributed by atoms with van der Waals surface area (Å²) in [5.41, 5.74) is 0.414. The van der Waals surface area contributed by atoms with Crippen molar-refractivity contribution in [3.8, 4) is 0 Å². The molecule has 1 N–H and O–H groups in total. The van der Waals surface area contributed by atoms with Gasteiger partial charge in [-0.05, 0) is 37.1 Å². The average molecular weight is 344 g/mol. The lowest BCUT2D eigenvalue weighted by molar-refractivity contribution is -0.121. The largest absolute Gasteiger partial charge is 0.349 e. The number of hydrogen-bond donors (Lipinski definition) is 1. The maximum absolute atomic E-state index is 12.9. The number of aryl methyl sites for hydroxylation is 1. The van der Waals surface area contributed by atoms with Gasteiger partial charge >= 0.3 is 0 Å². The van der Waals surface area contributed by atoms with Gasteiger partial charge in [0, 0.05) is 31.4 Å². The molecule has 1 amide bonds. The first-order chi connectivity index (χ1) is 12.1. The Kier molecular flexibility index (Phi) is 5.53. The van der Waals surface area contributed by atoms with Crippen molar-refractivity contribution in [3.63, 3.8) is 0 Å². The minimum atomic E-state index is -0.387. The molecule has 0 bridgehead atoms. The summed E-state index contributed by atoms with van der Waals surface area (Å²) >= 11 is 0. The number of carbonyl (C=O) groups excluding carboxylic acids is 2. The van der Waals surface area contributed by atoms with Crippen molar-refractivity contribution in [2.45, 2.75) is 51.6 Å². The first-order valence-corrected chi connectivity index (χ1v) is 8.60. The number of hydrogen-bond acceptors (Lipinski definition) is 4. The summed E-state index contributed by atoms with van der Waals surface area (Å²) in [4.78, 5) is 24.0. The Morgan fingerprint density at radius 2 is 1.88 bits per heavy atom. The predicted molar refractivity (Wildman–Crippen MR) is 89.4 cm³/mol. The maximum Gasteiger partial charge on any atom is 0.220 e. The van der Waals surface area contributed by atoms with Gasteiger partial charge in [-0.1, -0.05) is 6.42 Å². The van der Waals surface area contributed by atoms with Gasteiger partial charge in [-0.2, -0.15) is 0 Å². The van der Waals surface area contributed by atoms with Crippen molar-refractivity contribution in [1.82, 2.24) is 20.1 Å². The molecule has 2 aromatic rings. The van der Waals surface area contributed by atoms with Gasteiger partial charge < -0.3 is 9.88 Å². The molecule has 0 saturated heterocycles. The number of nitrogens with one attached hydrogen (secondary N) is 1. The summed E-state index contributed by atoms with van der Waals surface area (Å²) in [5, 5.41) is 11.1. The van der Waals surface area contributed by atoms with Crippen molar-refractivity contribution in [2.24, 2.45) is 0 Å². The van der Waals surface area contributed by atoms with E-state index in [1.54, 1.807) is 0 Å². The van der Waals surface area contributed by atoms with E-state index in [1.807, 2.05) is 0 Å². The summed E-state index contributed by atoms with van der Waals surface area (Å²) in [6.45, 7) is 1.20. The Balaban J connectivity index is 1.48. The molecule has 0 aliphatic carbocycles. The first-order valence-electron chi connectivity index (χ1n) is 8.60. The Morgan fingerprint density at radius 1 is 1.08 bits per heavy atom. The lowest BCUT2D eigenvalue weighted by Crippen LogP contribution is -2.25. The molecule has 0 saturated carbocycles. The van der Waals surface area contributed by atoms with Crippen LogP contribution in [-0.2, 0) is 24.3 Å². The van der Waals surface area contributed by atoms with Gasteiger partial charge in [0.05, 0.1) is 6.54 Å². The van der Waals surface area contributed by atoms with Gasteiger partial charge in [-0.3, -0.25) is 9.59 Å². The number of benzene rings is 1. The average Bonchev–Trinajstić information content (AvgIpc) is 2.85. The van der Waals surface area contributed by atoms with Crippen LogP contribution in [0.2, 0.25) is 0 Å². The van der Waals surface area contributed by atoms with E-state index >= 15 is 0 Å². The Labute approximate surface area is 145 Å². The van der Waals surface area contributed by atoms with Crippen LogP contribution >= 0.6 is 0 Å². The van der Waals surface area contributed by atoms with Crippen molar-refractivity contribution >= 4 is 11.7 Å². The first kappa shape index (κ1) is 17.3. The smallest absolute Gasteiger partial charge is 0.220 e. The van der Waals surface area contributed by atoms with Crippen LogP contribution in [0.1, 0.15) is 54.1 Å². The lowest BCUT2D eigenvalue weighted by Gasteiger charge is -2.08. The number of Topliss-reactive ketones (excluding diaryl/α,β-unsaturated/α-hetero) is 1. The summed E-state index contributed by atoms with van der Waals surface area (Å²) in [6.07, 6.45) is 4.51. The molecule has 1 aliphatic heterocycles. The number of fused-ring (bicyclic) bond motifs is 1. The van der Waals surface area contributed by atoms with Gasteiger partial charge in [0.2, 0.25) is 5.91 Å². The number of rotatable bonds is 6. The molecule has 3 rings (SSSR count). The van der Waals surface area contributed by atoms with Crippen LogP contribution in [0.4, 0.5) is 4.39 Å². The molecule has 25 heavy (non-hydrogen) atoms. The Morgan fingerprint density at radius 3 is 2.68 bits per heavy atom. The van der Waals surface area contributed by atoms with E-state index in [4.69, 9.17) is 0 Å². The number of amides is 1. The third kappa shape index (κ3) is 4.49. The van der Waals surface area contributed by atoms with Crippen LogP contribution in [0.3, 0.4) is 0 Å². The lowest BCUT2D eigenvalue weighted by atomic mass is 10.1. The molecule has 0 fully saturated rings. The van der Waals surface area contributed by atoms with Crippen molar-refractivity contribution in [2.75, 3.05) is 0 Å². The Bertz CT molecular complexity index is 755. The standard InChI is InChI=1S/C18H21FN4O2/c19-14-7-5-13(6-8-14)15(24)9-10-18(25)20-12-17-22-21-16-4-2-1-3-11-23(16)17/h5-8H,1-4,9-12H2,(H,20,25). The van der Waals surface area contributed by atoms with E-state index in [0.29, 0.717) is 12.1 Å². The van der Waals surface area contributed by atoms with Gasteiger partial charge in [0.1, 0.15) is 11.6 Å². The highest BCUT2D eigenvalue weighted by molar-refractivity contribution is 5.97. The van der Waals surface area contributed by atoms with Crippen LogP contribution < -0.4 is 5.32 Å². The van der Waals surface area contributed by atoms with Crippen molar-refractivity contribution < 1.29 is 14.0 Å². The quantitative estimate of drug-likeness (QED) is 0.817. The molecule has 0 radical (unpaired) electrons. The third-order valence-corrected chi connectivity index (χ3v) is 4.38. The molecular weight excluding hydrogens is 323 g/mol. The minimum Gasteiger partial charge on any atom is -0.349 e. The predicted octanol–water partition coefficient (Wildman–Crippen LogP) is 2.42. The van der Waals surface area contributed by atoms with E-state index in [2.05, 4.69) is 20.1 Å². The van der Waals surface area contributed by atoms with Crippen LogP contribution in [0.25, 0.3) is 0 Å². The van der Waals surface area contributed by atoms with Gasteiger partial charge in [0.15, 0.2) is 11.6 Å². The van der Waals surface area contributed by atoms with Crippen molar-refractivity contribution in [1.29, 1.82) is 0 Å². The zero-order valence-corrected chi connectivity index (χ0v) is 14.0. The summed E-state index contributed by atoms with van der Waals surface area (Å²) in [6, 6.07) is 5.34. The SMILES string of the molecule is O=C(CCC(=O)c1ccc(F)cc1)NCc1nnc2n1CCCCC2. The fourth-order valence-electron chi connectivity index (χ4n) is 2.95. The van der Waals surface area contributed by atoms with Gasteiger partial charge in [-0.15, -0.1) is 10.2 Å². The molecule has 1 aromatic heterocycles. The molecule has 0 spiro atoms. The molecular formula is C18H21FN4O2. The van der Waals surface area contributed by atoms with Crippen LogP contribution in [-0.4, -0.2) is 26.5 Å². The highest BCUT2D eigenvalue weighted by atomic mass is 19.1. The molecule has 2 heterocycles. The number of aromatic nitrogens is 3. The van der Waals surface area contributed by atoms with Crippen molar-refractivity contribution in [3.05, 3.63) is 47.3 Å². The number of ketones is 1. The fourth-order valence-corrected chi connectivity index (χ4v) is 2.95. The van der Waals surface area contributed by atoms with E-state index < -0.39 is 0 Å². The fraction of sp³-hybridized carbons (Fsp3) is 0.444. The molecule has 6 nitrogen and oxygen atoms in total. The molecule has 7 heteroatoms. The minimum absolute atomic E-state index is 0.0927. The number of halogens is 1. The van der Waals surface area contributed by atoms with E-state index in [9.17, 15) is 14.0 Å². The maximum atomic E-state index is 12.9. The third-order valence-electron chi connectivity index (χ3n) is 4.38. The summed E-state index contributed by atoms with van der Waals surface area (Å²) in [5.74, 6) is 0.970. The van der Waals surface area contributed by atoms with E-state index in [-0.39, 0.29) is 30.3 Å². The van der Waals surface area contributed by atoms with Gasteiger partial charge in [0.25, 0.3) is 0 Å². The number of carbonyl (C=O) groups is 2. The topological polar surface area (TPSA) is 76.9 Å². The zero-order valence-electron chi connectivity index (χ0n) is 14.0. The second kappa shape index (κ2) is 8.00. The molecule has 1 aromatic carbocycles. The molecule has 132 valence electrons. The van der Waals surface area contributed by atoms with E-state index in [1.165, 1.54) is 30.7 Å². The van der Waals surface area contributed by atoms with E-state index in [0.717, 1.165) is 37.5 Å². The monoisotopic (exact) mass is 344 g/mol. The van der Waals surface area contributed by atoms with Gasteiger partial charge in [-0.25, -0.2) is 4.39 Å². The summed E-state index contributed by atoms with van der Waals surface area (Å²) < 4.78 is 14.9. The van der Waals surface area contributed by atoms with Crippen LogP contribution in [0, 0.1) is 5.82 Å². The molecule has 1 aliphatic rings. The highest BCUT2D eigenvalue weighted by Gasteiger charge is 2.15. The molecule has 0 atom stereocenters. The zero-order chi connectivity index (χ0) is 17.6. The molecule has 0 unspecified atom stereocenters. The highest BCUT2D eigenvalue weighted by Crippen LogP contribution is 2.14. The second-order valence-electron chi connectivity index (χ2n) is 6.20. The Hall–Kier alpha value is -2.57. The summed E-state index contributed by atoms with van der Waals surface area (Å²) in [7, 11) is 0. The second-order valence-corrected chi connectivity index (χ2v) is 6.20. The van der Waals surface area contributed by atoms with Crippen LogP contribution in [0.15, 0.2) is 24.3 Å². The van der Waals surface area contributed by atoms with Crippen LogP contribution in [0.5, 0.6) is 0 Å². The normalized spacial score (nSPS) is 13.8.